The van der Waals surface area contributed by atoms with Gasteiger partial charge in [0.05, 0.1) is 18.0 Å². The van der Waals surface area contributed by atoms with E-state index in [-0.39, 0.29) is 18.1 Å². The van der Waals surface area contributed by atoms with Gasteiger partial charge in [-0.1, -0.05) is 48.5 Å². The second kappa shape index (κ2) is 10.5. The average Bonchev–Trinajstić information content (AvgIpc) is 2.76. The third-order valence-electron chi connectivity index (χ3n) is 4.54. The third-order valence-corrected chi connectivity index (χ3v) is 4.80. The molecule has 0 fully saturated rings. The lowest BCUT2D eigenvalue weighted by atomic mass is 10.0. The van der Waals surface area contributed by atoms with Gasteiger partial charge in [0.25, 0.3) is 0 Å². The van der Waals surface area contributed by atoms with Gasteiger partial charge in [0.2, 0.25) is 0 Å². The number of phenolic OH excluding ortho intramolecular Hbond substituents is 1. The minimum atomic E-state index is -0.586. The van der Waals surface area contributed by atoms with Gasteiger partial charge in [-0.15, -0.1) is 0 Å². The molecular formula is C23H23NO5S. The number of carbonyl (C=O) groups excluding carboxylic acids is 2. The van der Waals surface area contributed by atoms with Crippen LogP contribution in [0.4, 0.5) is 10.5 Å². The van der Waals surface area contributed by atoms with Gasteiger partial charge < -0.3 is 14.6 Å². The molecule has 1 amide bonds. The molecule has 0 heterocycles. The van der Waals surface area contributed by atoms with Gasteiger partial charge in [-0.25, -0.2) is 4.79 Å². The molecule has 2 N–H and O–H groups in total. The molecule has 0 aromatic heterocycles. The molecule has 0 aliphatic heterocycles. The Morgan fingerprint density at radius 2 is 1.73 bits per heavy atom. The Morgan fingerprint density at radius 3 is 2.50 bits per heavy atom. The summed E-state index contributed by atoms with van der Waals surface area (Å²) < 4.78 is 10.7. The summed E-state index contributed by atoms with van der Waals surface area (Å²) in [6.45, 7) is 0.211. The zero-order valence-electron chi connectivity index (χ0n) is 16.3. The average molecular weight is 426 g/mol. The van der Waals surface area contributed by atoms with Crippen LogP contribution < -0.4 is 5.32 Å². The maximum absolute atomic E-state index is 12.6. The molecule has 0 saturated heterocycles. The van der Waals surface area contributed by atoms with Crippen LogP contribution in [0.1, 0.15) is 24.5 Å². The lowest BCUT2D eigenvalue weighted by Crippen LogP contribution is -2.18. The molecule has 156 valence electrons. The first-order chi connectivity index (χ1) is 14.6. The Balaban J connectivity index is 1.68. The molecular weight excluding hydrogens is 402 g/mol. The van der Waals surface area contributed by atoms with Gasteiger partial charge in [-0.05, 0) is 42.0 Å². The van der Waals surface area contributed by atoms with Gasteiger partial charge >= 0.3 is 12.1 Å². The molecule has 0 saturated carbocycles. The van der Waals surface area contributed by atoms with Gasteiger partial charge in [0, 0.05) is 5.39 Å². The Labute approximate surface area is 180 Å². The minimum Gasteiger partial charge on any atom is -0.508 e. The second-order valence-electron chi connectivity index (χ2n) is 6.66. The number of anilines is 1. The van der Waals surface area contributed by atoms with E-state index in [4.69, 9.17) is 9.47 Å². The summed E-state index contributed by atoms with van der Waals surface area (Å²) in [5.41, 5.74) is 1.40. The fraction of sp³-hybridized carbons (Fsp3) is 0.217. The number of ether oxygens (including phenoxy) is 2. The molecule has 0 aliphatic rings. The number of fused-ring (bicyclic) bond motifs is 1. The van der Waals surface area contributed by atoms with Crippen molar-refractivity contribution in [1.82, 2.24) is 0 Å². The Bertz CT molecular complexity index is 1000. The van der Waals surface area contributed by atoms with E-state index in [0.717, 1.165) is 16.3 Å². The molecule has 0 radical (unpaired) electrons. The monoisotopic (exact) mass is 425 g/mol. The molecule has 0 aliphatic carbocycles. The Hall–Kier alpha value is -3.19. The van der Waals surface area contributed by atoms with Crippen LogP contribution in [0.2, 0.25) is 0 Å². The molecule has 3 aromatic carbocycles. The number of nitrogens with one attached hydrogen (secondary N) is 1. The zero-order chi connectivity index (χ0) is 21.3. The summed E-state index contributed by atoms with van der Waals surface area (Å²) in [5.74, 6) is -0.250. The normalized spacial score (nSPS) is 11.6. The number of carbonyl (C=O) groups is 2. The number of esters is 1. The fourth-order valence-electron chi connectivity index (χ4n) is 3.09. The van der Waals surface area contributed by atoms with Crippen LogP contribution in [-0.4, -0.2) is 29.5 Å². The summed E-state index contributed by atoms with van der Waals surface area (Å²) in [6, 6.07) is 19.9. The smallest absolute Gasteiger partial charge is 0.412 e. The summed E-state index contributed by atoms with van der Waals surface area (Å²) >= 11 is 3.87. The first kappa shape index (κ1) is 21.5. The predicted molar refractivity (Wildman–Crippen MR) is 119 cm³/mol. The predicted octanol–water partition coefficient (Wildman–Crippen LogP) is 5.09. The summed E-state index contributed by atoms with van der Waals surface area (Å²) in [5, 5.41) is 14.3. The number of hydrogen-bond donors (Lipinski definition) is 3. The SMILES string of the molecule is O=C(CS)OCCC[C@@H](OC(=O)Nc1cccc2ccccc12)c1ccc(O)cc1. The van der Waals surface area contributed by atoms with Crippen LogP contribution in [0.15, 0.2) is 66.7 Å². The van der Waals surface area contributed by atoms with Crippen molar-refractivity contribution in [2.75, 3.05) is 17.7 Å². The minimum absolute atomic E-state index is 0.0192. The molecule has 7 heteroatoms. The van der Waals surface area contributed by atoms with Crippen molar-refractivity contribution < 1.29 is 24.2 Å². The van der Waals surface area contributed by atoms with E-state index in [1.54, 1.807) is 12.1 Å². The van der Waals surface area contributed by atoms with Crippen LogP contribution in [-0.2, 0) is 14.3 Å². The number of thiol groups is 1. The van der Waals surface area contributed by atoms with Crippen molar-refractivity contribution in [3.05, 3.63) is 72.3 Å². The first-order valence-electron chi connectivity index (χ1n) is 9.57. The standard InChI is InChI=1S/C23H23NO5S/c25-18-12-10-17(11-13-18)21(9-4-14-28-22(26)15-30)29-23(27)24-20-8-3-6-16-5-1-2-7-19(16)20/h1-3,5-8,10-13,21,25,30H,4,9,14-15H2,(H,24,27)/t21-/m1/s1. The van der Waals surface area contributed by atoms with Crippen LogP contribution >= 0.6 is 12.6 Å². The van der Waals surface area contributed by atoms with E-state index in [2.05, 4.69) is 17.9 Å². The number of benzene rings is 3. The van der Waals surface area contributed by atoms with Crippen molar-refractivity contribution in [2.24, 2.45) is 0 Å². The van der Waals surface area contributed by atoms with Crippen LogP contribution in [0.25, 0.3) is 10.8 Å². The summed E-state index contributed by atoms with van der Waals surface area (Å²) in [4.78, 5) is 23.8. The number of rotatable bonds is 8. The van der Waals surface area contributed by atoms with Gasteiger partial charge in [0.15, 0.2) is 0 Å². The summed E-state index contributed by atoms with van der Waals surface area (Å²) in [6.07, 6.45) is -0.188. The lowest BCUT2D eigenvalue weighted by Gasteiger charge is -2.19. The quantitative estimate of drug-likeness (QED) is 0.266. The molecule has 1 atom stereocenters. The maximum Gasteiger partial charge on any atom is 0.412 e. The fourth-order valence-corrected chi connectivity index (χ4v) is 3.18. The molecule has 3 rings (SSSR count). The molecule has 0 unspecified atom stereocenters. The van der Waals surface area contributed by atoms with Crippen molar-refractivity contribution in [3.63, 3.8) is 0 Å². The van der Waals surface area contributed by atoms with Gasteiger partial charge in [-0.3, -0.25) is 10.1 Å². The van der Waals surface area contributed by atoms with E-state index in [1.807, 2.05) is 42.5 Å². The molecule has 0 spiro atoms. The lowest BCUT2D eigenvalue weighted by molar-refractivity contribution is -0.140. The molecule has 0 bridgehead atoms. The van der Waals surface area contributed by atoms with Gasteiger partial charge in [0.1, 0.15) is 11.9 Å². The van der Waals surface area contributed by atoms with E-state index in [9.17, 15) is 14.7 Å². The first-order valence-corrected chi connectivity index (χ1v) is 10.2. The number of amides is 1. The topological polar surface area (TPSA) is 84.9 Å². The van der Waals surface area contributed by atoms with Crippen molar-refractivity contribution in [3.8, 4) is 5.75 Å². The summed E-state index contributed by atoms with van der Waals surface area (Å²) in [7, 11) is 0. The van der Waals surface area contributed by atoms with Crippen molar-refractivity contribution >= 4 is 41.2 Å². The molecule has 3 aromatic rings. The zero-order valence-corrected chi connectivity index (χ0v) is 17.2. The third kappa shape index (κ3) is 5.90. The van der Waals surface area contributed by atoms with Crippen molar-refractivity contribution in [2.45, 2.75) is 18.9 Å². The van der Waals surface area contributed by atoms with Gasteiger partial charge in [-0.2, -0.15) is 12.6 Å². The Morgan fingerprint density at radius 1 is 1.00 bits per heavy atom. The molecule has 6 nitrogen and oxygen atoms in total. The van der Waals surface area contributed by atoms with Crippen LogP contribution in [0, 0.1) is 0 Å². The number of phenols is 1. The van der Waals surface area contributed by atoms with E-state index < -0.39 is 18.2 Å². The highest BCUT2D eigenvalue weighted by Crippen LogP contribution is 2.27. The highest BCUT2D eigenvalue weighted by molar-refractivity contribution is 7.81. The van der Waals surface area contributed by atoms with E-state index in [0.29, 0.717) is 18.5 Å². The van der Waals surface area contributed by atoms with E-state index >= 15 is 0 Å². The maximum atomic E-state index is 12.6. The highest BCUT2D eigenvalue weighted by Gasteiger charge is 2.18. The van der Waals surface area contributed by atoms with Crippen LogP contribution in [0.5, 0.6) is 5.75 Å². The van der Waals surface area contributed by atoms with Crippen LogP contribution in [0.3, 0.4) is 0 Å². The number of aromatic hydroxyl groups is 1. The highest BCUT2D eigenvalue weighted by atomic mass is 32.1. The molecule has 30 heavy (non-hydrogen) atoms. The Kier molecular flexibility index (Phi) is 7.57. The second-order valence-corrected chi connectivity index (χ2v) is 6.97. The largest absolute Gasteiger partial charge is 0.508 e. The van der Waals surface area contributed by atoms with E-state index in [1.165, 1.54) is 12.1 Å². The number of hydrogen-bond acceptors (Lipinski definition) is 6. The van der Waals surface area contributed by atoms with Crippen molar-refractivity contribution in [1.29, 1.82) is 0 Å².